The molecule has 0 N–H and O–H groups in total. The average molecular weight is 418 g/mol. The lowest BCUT2D eigenvalue weighted by Crippen LogP contribution is -2.45. The lowest BCUT2D eigenvalue weighted by Gasteiger charge is -2.36. The van der Waals surface area contributed by atoms with Gasteiger partial charge < -0.3 is 4.90 Å². The van der Waals surface area contributed by atoms with Gasteiger partial charge in [-0.1, -0.05) is 42.0 Å². The van der Waals surface area contributed by atoms with E-state index in [0.717, 1.165) is 16.8 Å². The molecule has 2 aromatic carbocycles. The lowest BCUT2D eigenvalue weighted by atomic mass is 9.87. The zero-order valence-electron chi connectivity index (χ0n) is 17.1. The van der Waals surface area contributed by atoms with Gasteiger partial charge in [-0.15, -0.1) is 5.10 Å². The van der Waals surface area contributed by atoms with Crippen molar-refractivity contribution in [2.45, 2.75) is 37.8 Å². The van der Waals surface area contributed by atoms with Crippen molar-refractivity contribution >= 4 is 11.6 Å². The van der Waals surface area contributed by atoms with Gasteiger partial charge in [-0.3, -0.25) is 4.79 Å². The molecule has 0 radical (unpaired) electrons. The van der Waals surface area contributed by atoms with Crippen molar-refractivity contribution in [2.24, 2.45) is 0 Å². The van der Waals surface area contributed by atoms with Crippen molar-refractivity contribution in [1.82, 2.24) is 25.1 Å². The van der Waals surface area contributed by atoms with E-state index in [9.17, 15) is 4.79 Å². The van der Waals surface area contributed by atoms with Gasteiger partial charge in [0, 0.05) is 13.1 Å². The van der Waals surface area contributed by atoms with E-state index in [0.29, 0.717) is 50.9 Å². The van der Waals surface area contributed by atoms with E-state index in [4.69, 9.17) is 6.57 Å². The number of amides is 1. The topological polar surface area (TPSA) is 68.3 Å². The second-order valence-corrected chi connectivity index (χ2v) is 7.91. The third kappa shape index (κ3) is 5.12. The number of halogens is 1. The minimum Gasteiger partial charge on any atom is -0.342 e. The Kier molecular flexibility index (Phi) is 6.03. The molecule has 1 saturated heterocycles. The van der Waals surface area contributed by atoms with Gasteiger partial charge in [0.2, 0.25) is 5.91 Å². The normalized spacial score (nSPS) is 15.4. The Bertz CT molecular complexity index is 1070. The second-order valence-electron chi connectivity index (χ2n) is 7.91. The number of rotatable bonds is 6. The smallest absolute Gasteiger partial charge is 0.226 e. The van der Waals surface area contributed by atoms with Crippen LogP contribution in [0.3, 0.4) is 0 Å². The summed E-state index contributed by atoms with van der Waals surface area (Å²) in [6.45, 7) is 7.96. The van der Waals surface area contributed by atoms with E-state index in [1.807, 2.05) is 42.5 Å². The van der Waals surface area contributed by atoms with Crippen molar-refractivity contribution < 1.29 is 9.18 Å². The summed E-state index contributed by atoms with van der Waals surface area (Å²) in [5, 5.41) is 11.1. The summed E-state index contributed by atoms with van der Waals surface area (Å²) < 4.78 is 16.8. The molecule has 8 heteroatoms. The fraction of sp³-hybridized carbons (Fsp3) is 0.348. The number of likely N-dealkylation sites (tertiary alicyclic amines) is 1. The standard InChI is InChI=1S/C23H23FN6O/c1-25-20-4-2-3-18(15-20)9-10-23(24)11-13-29(14-12-23)22(31)16-19-5-7-21(8-6-19)30-17-26-27-28-30/h2-8,15,17H,9-14,16H2. The molecule has 0 atom stereocenters. The third-order valence-electron chi connectivity index (χ3n) is 5.82. The van der Waals surface area contributed by atoms with Gasteiger partial charge in [0.05, 0.1) is 18.7 Å². The molecule has 1 amide bonds. The minimum absolute atomic E-state index is 0.0157. The first kappa shape index (κ1) is 20.7. The van der Waals surface area contributed by atoms with Crippen molar-refractivity contribution in [2.75, 3.05) is 13.1 Å². The molecule has 1 aliphatic rings. The number of benzene rings is 2. The zero-order chi connectivity index (χ0) is 21.7. The molecule has 2 heterocycles. The maximum absolute atomic E-state index is 15.3. The summed E-state index contributed by atoms with van der Waals surface area (Å²) in [5.74, 6) is 0.0157. The van der Waals surface area contributed by atoms with Gasteiger partial charge >= 0.3 is 0 Å². The first-order chi connectivity index (χ1) is 15.0. The molecule has 31 heavy (non-hydrogen) atoms. The van der Waals surface area contributed by atoms with Gasteiger partial charge in [-0.05, 0) is 53.8 Å². The zero-order valence-corrected chi connectivity index (χ0v) is 17.1. The average Bonchev–Trinajstić information content (AvgIpc) is 3.34. The van der Waals surface area contributed by atoms with E-state index >= 15 is 4.39 Å². The van der Waals surface area contributed by atoms with E-state index in [2.05, 4.69) is 20.4 Å². The highest BCUT2D eigenvalue weighted by Gasteiger charge is 2.35. The summed E-state index contributed by atoms with van der Waals surface area (Å²) >= 11 is 0. The fourth-order valence-corrected chi connectivity index (χ4v) is 3.89. The van der Waals surface area contributed by atoms with Crippen LogP contribution in [0.25, 0.3) is 10.5 Å². The molecule has 4 rings (SSSR count). The van der Waals surface area contributed by atoms with Gasteiger partial charge in [0.15, 0.2) is 5.69 Å². The first-order valence-corrected chi connectivity index (χ1v) is 10.3. The minimum atomic E-state index is -1.27. The molecule has 1 aromatic heterocycles. The molecular formula is C23H23FN6O. The molecule has 0 saturated carbocycles. The van der Waals surface area contributed by atoms with Crippen LogP contribution in [0.1, 0.15) is 30.4 Å². The highest BCUT2D eigenvalue weighted by molar-refractivity contribution is 5.79. The molecule has 0 bridgehead atoms. The highest BCUT2D eigenvalue weighted by atomic mass is 19.1. The van der Waals surface area contributed by atoms with Crippen molar-refractivity contribution in [3.05, 3.63) is 77.4 Å². The lowest BCUT2D eigenvalue weighted by molar-refractivity contribution is -0.133. The number of nitrogens with zero attached hydrogens (tertiary/aromatic N) is 6. The maximum Gasteiger partial charge on any atom is 0.226 e. The van der Waals surface area contributed by atoms with Gasteiger partial charge in [-0.2, -0.15) is 0 Å². The van der Waals surface area contributed by atoms with Crippen LogP contribution in [0, 0.1) is 6.57 Å². The van der Waals surface area contributed by atoms with Crippen LogP contribution < -0.4 is 0 Å². The molecule has 0 aliphatic carbocycles. The van der Waals surface area contributed by atoms with Gasteiger partial charge in [0.25, 0.3) is 0 Å². The van der Waals surface area contributed by atoms with E-state index in [1.54, 1.807) is 15.6 Å². The van der Waals surface area contributed by atoms with E-state index in [-0.39, 0.29) is 5.91 Å². The van der Waals surface area contributed by atoms with Gasteiger partial charge in [-0.25, -0.2) is 13.9 Å². The molecule has 1 aliphatic heterocycles. The quantitative estimate of drug-likeness (QED) is 0.572. The number of hydrogen-bond donors (Lipinski definition) is 0. The molecule has 7 nitrogen and oxygen atoms in total. The summed E-state index contributed by atoms with van der Waals surface area (Å²) in [6.07, 6.45) is 3.51. The fourth-order valence-electron chi connectivity index (χ4n) is 3.89. The number of carbonyl (C=O) groups excluding carboxylic acids is 1. The van der Waals surface area contributed by atoms with Crippen molar-refractivity contribution in [3.8, 4) is 5.69 Å². The number of piperidine rings is 1. The third-order valence-corrected chi connectivity index (χ3v) is 5.82. The Labute approximate surface area is 180 Å². The number of tetrazole rings is 1. The number of carbonyl (C=O) groups is 1. The number of hydrogen-bond acceptors (Lipinski definition) is 4. The first-order valence-electron chi connectivity index (χ1n) is 10.3. The Hall–Kier alpha value is -3.60. The monoisotopic (exact) mass is 418 g/mol. The van der Waals surface area contributed by atoms with Crippen LogP contribution in [-0.4, -0.2) is 49.8 Å². The molecule has 0 unspecified atom stereocenters. The predicted molar refractivity (Wildman–Crippen MR) is 114 cm³/mol. The predicted octanol–water partition coefficient (Wildman–Crippen LogP) is 3.72. The van der Waals surface area contributed by atoms with Gasteiger partial charge in [0.1, 0.15) is 12.0 Å². The Morgan fingerprint density at radius 1 is 1.13 bits per heavy atom. The SMILES string of the molecule is [C-]#[N+]c1cccc(CCC2(F)CCN(C(=O)Cc3ccc(-n4cnnn4)cc3)CC2)c1. The highest BCUT2D eigenvalue weighted by Crippen LogP contribution is 2.32. The van der Waals surface area contributed by atoms with Crippen LogP contribution in [0.5, 0.6) is 0 Å². The van der Waals surface area contributed by atoms with Crippen LogP contribution in [-0.2, 0) is 17.6 Å². The van der Waals surface area contributed by atoms with Crippen LogP contribution in [0.2, 0.25) is 0 Å². The number of alkyl halides is 1. The largest absolute Gasteiger partial charge is 0.342 e. The summed E-state index contributed by atoms with van der Waals surface area (Å²) in [5.41, 5.74) is 2.02. The molecule has 3 aromatic rings. The Balaban J connectivity index is 1.27. The number of aryl methyl sites for hydroxylation is 1. The molecule has 1 fully saturated rings. The van der Waals surface area contributed by atoms with Crippen molar-refractivity contribution in [1.29, 1.82) is 0 Å². The van der Waals surface area contributed by atoms with Crippen molar-refractivity contribution in [3.63, 3.8) is 0 Å². The molecular weight excluding hydrogens is 395 g/mol. The molecule has 0 spiro atoms. The second kappa shape index (κ2) is 9.04. The van der Waals surface area contributed by atoms with E-state index < -0.39 is 5.67 Å². The Morgan fingerprint density at radius 3 is 2.58 bits per heavy atom. The van der Waals surface area contributed by atoms with E-state index in [1.165, 1.54) is 6.33 Å². The molecule has 158 valence electrons. The summed E-state index contributed by atoms with van der Waals surface area (Å²) in [7, 11) is 0. The summed E-state index contributed by atoms with van der Waals surface area (Å²) in [6, 6.07) is 14.8. The van der Waals surface area contributed by atoms with Crippen LogP contribution in [0.4, 0.5) is 10.1 Å². The Morgan fingerprint density at radius 2 is 1.90 bits per heavy atom. The maximum atomic E-state index is 15.3. The van der Waals surface area contributed by atoms with Crippen LogP contribution in [0.15, 0.2) is 54.9 Å². The van der Waals surface area contributed by atoms with Crippen LogP contribution >= 0.6 is 0 Å². The summed E-state index contributed by atoms with van der Waals surface area (Å²) in [4.78, 5) is 17.9. The number of aromatic nitrogens is 4.